The van der Waals surface area contributed by atoms with Crippen molar-refractivity contribution in [2.75, 3.05) is 11.4 Å². The quantitative estimate of drug-likeness (QED) is 0.786. The van der Waals surface area contributed by atoms with Gasteiger partial charge in [-0.05, 0) is 44.0 Å². The lowest BCUT2D eigenvalue weighted by molar-refractivity contribution is -0.131. The molecule has 1 N–H and O–H groups in total. The molecule has 0 aliphatic rings. The van der Waals surface area contributed by atoms with E-state index in [1.165, 1.54) is 0 Å². The second-order valence-electron chi connectivity index (χ2n) is 4.16. The van der Waals surface area contributed by atoms with E-state index < -0.39 is 5.97 Å². The van der Waals surface area contributed by atoms with Gasteiger partial charge in [0.1, 0.15) is 5.82 Å². The van der Waals surface area contributed by atoms with Crippen LogP contribution in [0.3, 0.4) is 0 Å². The van der Waals surface area contributed by atoms with Crippen LogP contribution in [0.25, 0.3) is 6.08 Å². The monoisotopic (exact) mass is 248 g/mol. The fraction of sp³-hybridized carbons (Fsp3) is 0.429. The maximum atomic E-state index is 10.4. The molecule has 0 amide bonds. The molecule has 4 heteroatoms. The number of carboxylic acid groups (broad SMARTS) is 1. The van der Waals surface area contributed by atoms with Crippen LogP contribution in [0.2, 0.25) is 0 Å². The van der Waals surface area contributed by atoms with Gasteiger partial charge in [-0.3, -0.25) is 0 Å². The number of aromatic nitrogens is 1. The fourth-order valence-electron chi connectivity index (χ4n) is 1.75. The Morgan fingerprint density at radius 3 is 2.67 bits per heavy atom. The third-order valence-corrected chi connectivity index (χ3v) is 2.95. The summed E-state index contributed by atoms with van der Waals surface area (Å²) in [6.45, 7) is 7.33. The normalized spacial score (nSPS) is 12.6. The van der Waals surface area contributed by atoms with Crippen molar-refractivity contribution < 1.29 is 9.90 Å². The Balaban J connectivity index is 2.84. The highest BCUT2D eigenvalue weighted by atomic mass is 16.4. The molecule has 4 nitrogen and oxygen atoms in total. The number of carboxylic acids is 1. The van der Waals surface area contributed by atoms with Gasteiger partial charge in [-0.15, -0.1) is 0 Å². The number of carbonyl (C=O) groups is 1. The molecule has 1 aromatic heterocycles. The number of aliphatic carboxylic acids is 1. The summed E-state index contributed by atoms with van der Waals surface area (Å²) in [5.41, 5.74) is 0.793. The minimum atomic E-state index is -0.950. The maximum absolute atomic E-state index is 10.4. The van der Waals surface area contributed by atoms with Gasteiger partial charge in [0, 0.05) is 24.9 Å². The van der Waals surface area contributed by atoms with Crippen molar-refractivity contribution in [1.29, 1.82) is 0 Å². The minimum Gasteiger partial charge on any atom is -0.478 e. The topological polar surface area (TPSA) is 53.4 Å². The molecule has 0 fully saturated rings. The van der Waals surface area contributed by atoms with Crippen molar-refractivity contribution in [3.8, 4) is 0 Å². The van der Waals surface area contributed by atoms with E-state index in [0.29, 0.717) is 6.04 Å². The lowest BCUT2D eigenvalue weighted by Crippen LogP contribution is -2.32. The number of pyridine rings is 1. The summed E-state index contributed by atoms with van der Waals surface area (Å²) in [7, 11) is 0. The molecular formula is C14H20N2O2. The molecule has 1 unspecified atom stereocenters. The predicted octanol–water partition coefficient (Wildman–Crippen LogP) is 2.80. The molecule has 0 aliphatic heterocycles. The highest BCUT2D eigenvalue weighted by molar-refractivity contribution is 5.85. The van der Waals surface area contributed by atoms with Crippen LogP contribution in [-0.4, -0.2) is 28.6 Å². The highest BCUT2D eigenvalue weighted by Crippen LogP contribution is 2.16. The first-order valence-electron chi connectivity index (χ1n) is 6.22. The maximum Gasteiger partial charge on any atom is 0.328 e. The largest absolute Gasteiger partial charge is 0.478 e. The van der Waals surface area contributed by atoms with E-state index >= 15 is 0 Å². The van der Waals surface area contributed by atoms with Crippen LogP contribution in [0.15, 0.2) is 24.4 Å². The molecule has 0 aliphatic carbocycles. The van der Waals surface area contributed by atoms with Crippen LogP contribution in [0.5, 0.6) is 0 Å². The predicted molar refractivity (Wildman–Crippen MR) is 73.7 cm³/mol. The Labute approximate surface area is 108 Å². The third-order valence-electron chi connectivity index (χ3n) is 2.95. The van der Waals surface area contributed by atoms with Gasteiger partial charge < -0.3 is 10.0 Å². The lowest BCUT2D eigenvalue weighted by atomic mass is 10.2. The van der Waals surface area contributed by atoms with Crippen molar-refractivity contribution in [3.63, 3.8) is 0 Å². The molecular weight excluding hydrogens is 228 g/mol. The Hall–Kier alpha value is -1.84. The summed E-state index contributed by atoms with van der Waals surface area (Å²) in [6, 6.07) is 4.26. The van der Waals surface area contributed by atoms with Crippen molar-refractivity contribution in [2.24, 2.45) is 0 Å². The van der Waals surface area contributed by atoms with E-state index in [0.717, 1.165) is 30.4 Å². The van der Waals surface area contributed by atoms with Crippen LogP contribution in [0, 0.1) is 0 Å². The molecule has 0 saturated heterocycles. The number of anilines is 1. The Bertz CT molecular complexity index is 412. The fourth-order valence-corrected chi connectivity index (χ4v) is 1.75. The number of hydrogen-bond donors (Lipinski definition) is 1. The first kappa shape index (κ1) is 14.2. The summed E-state index contributed by atoms with van der Waals surface area (Å²) in [4.78, 5) is 17.0. The zero-order valence-corrected chi connectivity index (χ0v) is 11.1. The van der Waals surface area contributed by atoms with Gasteiger partial charge >= 0.3 is 5.97 Å². The summed E-state index contributed by atoms with van der Waals surface area (Å²) < 4.78 is 0. The van der Waals surface area contributed by atoms with Gasteiger partial charge in [-0.25, -0.2) is 9.78 Å². The SMILES string of the molecule is CCC(C)N(CC)c1ccc(/C=C/C(=O)O)cn1. The van der Waals surface area contributed by atoms with Gasteiger partial charge in [0.2, 0.25) is 0 Å². The van der Waals surface area contributed by atoms with E-state index in [1.807, 2.05) is 12.1 Å². The Kier molecular flexibility index (Phi) is 5.36. The second-order valence-corrected chi connectivity index (χ2v) is 4.16. The van der Waals surface area contributed by atoms with Gasteiger partial charge in [0.15, 0.2) is 0 Å². The molecule has 98 valence electrons. The molecule has 1 aromatic rings. The lowest BCUT2D eigenvalue weighted by Gasteiger charge is -2.28. The highest BCUT2D eigenvalue weighted by Gasteiger charge is 2.11. The molecule has 0 aromatic carbocycles. The summed E-state index contributed by atoms with van der Waals surface area (Å²) >= 11 is 0. The molecule has 0 spiro atoms. The molecule has 1 atom stereocenters. The first-order valence-corrected chi connectivity index (χ1v) is 6.22. The molecule has 1 heterocycles. The van der Waals surface area contributed by atoms with E-state index in [-0.39, 0.29) is 0 Å². The Morgan fingerprint density at radius 1 is 1.50 bits per heavy atom. The summed E-state index contributed by atoms with van der Waals surface area (Å²) in [5.74, 6) is -0.0202. The molecule has 1 rings (SSSR count). The van der Waals surface area contributed by atoms with Gasteiger partial charge in [-0.2, -0.15) is 0 Å². The van der Waals surface area contributed by atoms with E-state index in [9.17, 15) is 4.79 Å². The summed E-state index contributed by atoms with van der Waals surface area (Å²) in [6.07, 6.45) is 5.41. The smallest absolute Gasteiger partial charge is 0.328 e. The standard InChI is InChI=1S/C14H20N2O2/c1-4-11(3)16(5-2)13-8-6-12(10-15-13)7-9-14(17)18/h6-11H,4-5H2,1-3H3,(H,17,18)/b9-7+. The number of rotatable bonds is 6. The Morgan fingerprint density at radius 2 is 2.22 bits per heavy atom. The van der Waals surface area contributed by atoms with E-state index in [2.05, 4.69) is 30.7 Å². The van der Waals surface area contributed by atoms with Gasteiger partial charge in [-0.1, -0.05) is 6.92 Å². The van der Waals surface area contributed by atoms with Crippen LogP contribution in [-0.2, 0) is 4.79 Å². The molecule has 0 bridgehead atoms. The summed E-state index contributed by atoms with van der Waals surface area (Å²) in [5, 5.41) is 8.54. The van der Waals surface area contributed by atoms with E-state index in [1.54, 1.807) is 12.3 Å². The minimum absolute atomic E-state index is 0.447. The molecule has 18 heavy (non-hydrogen) atoms. The average molecular weight is 248 g/mol. The van der Waals surface area contributed by atoms with Gasteiger partial charge in [0.25, 0.3) is 0 Å². The van der Waals surface area contributed by atoms with Crippen molar-refractivity contribution in [3.05, 3.63) is 30.0 Å². The van der Waals surface area contributed by atoms with Crippen LogP contribution < -0.4 is 4.90 Å². The van der Waals surface area contributed by atoms with Crippen LogP contribution in [0.4, 0.5) is 5.82 Å². The molecule has 0 radical (unpaired) electrons. The van der Waals surface area contributed by atoms with Crippen molar-refractivity contribution >= 4 is 17.9 Å². The molecule has 0 saturated carbocycles. The number of hydrogen-bond acceptors (Lipinski definition) is 3. The average Bonchev–Trinajstić information content (AvgIpc) is 2.38. The first-order chi connectivity index (χ1) is 8.58. The van der Waals surface area contributed by atoms with Gasteiger partial charge in [0.05, 0.1) is 0 Å². The third kappa shape index (κ3) is 3.87. The van der Waals surface area contributed by atoms with Crippen LogP contribution in [0.1, 0.15) is 32.8 Å². The van der Waals surface area contributed by atoms with E-state index in [4.69, 9.17) is 5.11 Å². The van der Waals surface area contributed by atoms with Crippen molar-refractivity contribution in [1.82, 2.24) is 4.98 Å². The van der Waals surface area contributed by atoms with Crippen LogP contribution >= 0.6 is 0 Å². The zero-order valence-electron chi connectivity index (χ0n) is 11.1. The second kappa shape index (κ2) is 6.79. The van der Waals surface area contributed by atoms with Crippen molar-refractivity contribution in [2.45, 2.75) is 33.2 Å². The zero-order chi connectivity index (χ0) is 13.5. The number of nitrogens with zero attached hydrogens (tertiary/aromatic N) is 2.